The van der Waals surface area contributed by atoms with Gasteiger partial charge in [0.1, 0.15) is 5.82 Å². The zero-order valence-electron chi connectivity index (χ0n) is 15.8. The molecular weight excluding hydrogens is 331 g/mol. The molecule has 2 aliphatic rings. The second kappa shape index (κ2) is 9.40. The Balaban J connectivity index is 1.38. The highest BCUT2D eigenvalue weighted by Gasteiger charge is 2.26. The summed E-state index contributed by atoms with van der Waals surface area (Å²) in [6.07, 6.45) is 16.4. The van der Waals surface area contributed by atoms with Crippen molar-refractivity contribution in [3.63, 3.8) is 0 Å². The highest BCUT2D eigenvalue weighted by atomic mass is 35.5. The summed E-state index contributed by atoms with van der Waals surface area (Å²) >= 11 is 5.88. The van der Waals surface area contributed by atoms with Crippen LogP contribution in [0.3, 0.4) is 0 Å². The van der Waals surface area contributed by atoms with Crippen LogP contribution in [0.25, 0.3) is 0 Å². The van der Waals surface area contributed by atoms with Crippen molar-refractivity contribution in [2.75, 3.05) is 0 Å². The molecule has 0 bridgehead atoms. The van der Waals surface area contributed by atoms with Gasteiger partial charge in [0.25, 0.3) is 0 Å². The smallest absolute Gasteiger partial charge is 0.128 e. The lowest BCUT2D eigenvalue weighted by atomic mass is 9.74. The molecule has 1 aromatic rings. The molecule has 0 aromatic heterocycles. The monoisotopic (exact) mass is 364 g/mol. The van der Waals surface area contributed by atoms with Crippen molar-refractivity contribution in [1.29, 1.82) is 0 Å². The van der Waals surface area contributed by atoms with Crippen LogP contribution >= 0.6 is 11.6 Å². The summed E-state index contributed by atoms with van der Waals surface area (Å²) in [5.74, 6) is 3.17. The van der Waals surface area contributed by atoms with Crippen molar-refractivity contribution in [2.45, 2.75) is 89.9 Å². The number of hydrogen-bond acceptors (Lipinski definition) is 0. The van der Waals surface area contributed by atoms with Crippen LogP contribution in [0.5, 0.6) is 0 Å². The van der Waals surface area contributed by atoms with Crippen LogP contribution in [0.1, 0.15) is 95.5 Å². The van der Waals surface area contributed by atoms with Crippen LogP contribution in [0.15, 0.2) is 18.2 Å². The van der Waals surface area contributed by atoms with Crippen molar-refractivity contribution < 1.29 is 4.39 Å². The van der Waals surface area contributed by atoms with E-state index in [2.05, 4.69) is 6.92 Å². The van der Waals surface area contributed by atoms with E-state index in [1.807, 2.05) is 12.1 Å². The number of rotatable bonds is 6. The Labute approximate surface area is 158 Å². The first kappa shape index (κ1) is 19.2. The van der Waals surface area contributed by atoms with Crippen molar-refractivity contribution in [2.24, 2.45) is 17.8 Å². The minimum absolute atomic E-state index is 0.111. The van der Waals surface area contributed by atoms with Gasteiger partial charge in [-0.1, -0.05) is 76.0 Å². The van der Waals surface area contributed by atoms with Crippen LogP contribution in [-0.2, 0) is 0 Å². The predicted octanol–water partition coefficient (Wildman–Crippen LogP) is 8.14. The number of halogens is 2. The summed E-state index contributed by atoms with van der Waals surface area (Å²) < 4.78 is 14.1. The standard InChI is InChI=1S/C23H34ClF/c1-2-3-17-4-6-18(7-5-17)8-9-19-10-12-20(13-11-19)22-15-14-21(24)16-23(22)25/h14-20H,2-13H2,1H3. The van der Waals surface area contributed by atoms with Crippen molar-refractivity contribution in [3.05, 3.63) is 34.6 Å². The summed E-state index contributed by atoms with van der Waals surface area (Å²) in [5.41, 5.74) is 0.886. The molecule has 2 heteroatoms. The molecule has 2 aliphatic carbocycles. The van der Waals surface area contributed by atoms with E-state index in [-0.39, 0.29) is 5.82 Å². The molecule has 0 nitrogen and oxygen atoms in total. The Morgan fingerprint density at radius 2 is 1.36 bits per heavy atom. The number of benzene rings is 1. The van der Waals surface area contributed by atoms with E-state index in [0.29, 0.717) is 10.9 Å². The third-order valence-corrected chi connectivity index (χ3v) is 7.13. The Kier molecular flexibility index (Phi) is 7.22. The SMILES string of the molecule is CCCC1CCC(CCC2CCC(c3ccc(Cl)cc3F)CC2)CC1. The molecule has 3 rings (SSSR count). The van der Waals surface area contributed by atoms with Crippen LogP contribution < -0.4 is 0 Å². The average molecular weight is 365 g/mol. The average Bonchev–Trinajstić information content (AvgIpc) is 2.62. The van der Waals surface area contributed by atoms with Crippen LogP contribution in [-0.4, -0.2) is 0 Å². The first-order chi connectivity index (χ1) is 12.2. The molecule has 0 spiro atoms. The van der Waals surface area contributed by atoms with Crippen molar-refractivity contribution >= 4 is 11.6 Å². The van der Waals surface area contributed by atoms with Gasteiger partial charge in [0, 0.05) is 5.02 Å². The third kappa shape index (κ3) is 5.46. The molecule has 0 saturated heterocycles. The Morgan fingerprint density at radius 3 is 1.88 bits per heavy atom. The lowest BCUT2D eigenvalue weighted by molar-refractivity contribution is 0.223. The number of hydrogen-bond donors (Lipinski definition) is 0. The van der Waals surface area contributed by atoms with E-state index in [4.69, 9.17) is 11.6 Å². The highest BCUT2D eigenvalue weighted by molar-refractivity contribution is 6.30. The minimum Gasteiger partial charge on any atom is -0.207 e. The normalized spacial score (nSPS) is 30.4. The van der Waals surface area contributed by atoms with Crippen molar-refractivity contribution in [1.82, 2.24) is 0 Å². The molecule has 25 heavy (non-hydrogen) atoms. The summed E-state index contributed by atoms with van der Waals surface area (Å²) in [6, 6.07) is 5.20. The van der Waals surface area contributed by atoms with Gasteiger partial charge in [0.2, 0.25) is 0 Å². The van der Waals surface area contributed by atoms with E-state index < -0.39 is 0 Å². The highest BCUT2D eigenvalue weighted by Crippen LogP contribution is 2.41. The fourth-order valence-electron chi connectivity index (χ4n) is 5.28. The van der Waals surface area contributed by atoms with Gasteiger partial charge in [0.05, 0.1) is 0 Å². The summed E-state index contributed by atoms with van der Waals surface area (Å²) in [4.78, 5) is 0. The molecule has 0 atom stereocenters. The third-order valence-electron chi connectivity index (χ3n) is 6.90. The van der Waals surface area contributed by atoms with Gasteiger partial charge in [-0.3, -0.25) is 0 Å². The lowest BCUT2D eigenvalue weighted by Gasteiger charge is -2.32. The quantitative estimate of drug-likeness (QED) is 0.477. The maximum Gasteiger partial charge on any atom is 0.128 e. The van der Waals surface area contributed by atoms with E-state index >= 15 is 0 Å². The molecule has 0 heterocycles. The van der Waals surface area contributed by atoms with Gasteiger partial charge in [-0.15, -0.1) is 0 Å². The maximum absolute atomic E-state index is 14.1. The Morgan fingerprint density at radius 1 is 0.840 bits per heavy atom. The van der Waals surface area contributed by atoms with Gasteiger partial charge in [0.15, 0.2) is 0 Å². The molecule has 0 N–H and O–H groups in total. The summed E-state index contributed by atoms with van der Waals surface area (Å²) in [6.45, 7) is 2.32. The van der Waals surface area contributed by atoms with Crippen LogP contribution in [0.2, 0.25) is 5.02 Å². The zero-order valence-corrected chi connectivity index (χ0v) is 16.5. The molecule has 2 fully saturated rings. The first-order valence-electron chi connectivity index (χ1n) is 10.6. The van der Waals surface area contributed by atoms with E-state index in [1.165, 1.54) is 70.3 Å². The van der Waals surface area contributed by atoms with Crippen LogP contribution in [0, 0.1) is 23.6 Å². The summed E-state index contributed by atoms with van der Waals surface area (Å²) in [7, 11) is 0. The zero-order chi connectivity index (χ0) is 17.6. The molecular formula is C23H34ClF. The molecule has 0 radical (unpaired) electrons. The van der Waals surface area contributed by atoms with E-state index in [9.17, 15) is 4.39 Å². The maximum atomic E-state index is 14.1. The predicted molar refractivity (Wildman–Crippen MR) is 106 cm³/mol. The van der Waals surface area contributed by atoms with Crippen LogP contribution in [0.4, 0.5) is 4.39 Å². The van der Waals surface area contributed by atoms with E-state index in [1.54, 1.807) is 0 Å². The van der Waals surface area contributed by atoms with E-state index in [0.717, 1.165) is 36.2 Å². The van der Waals surface area contributed by atoms with Gasteiger partial charge in [-0.2, -0.15) is 0 Å². The summed E-state index contributed by atoms with van der Waals surface area (Å²) in [5, 5.41) is 0.503. The molecule has 0 aliphatic heterocycles. The fourth-order valence-corrected chi connectivity index (χ4v) is 5.44. The largest absolute Gasteiger partial charge is 0.207 e. The van der Waals surface area contributed by atoms with Crippen molar-refractivity contribution in [3.8, 4) is 0 Å². The molecule has 0 amide bonds. The molecule has 0 unspecified atom stereocenters. The first-order valence-corrected chi connectivity index (χ1v) is 11.0. The molecule has 1 aromatic carbocycles. The van der Waals surface area contributed by atoms with Gasteiger partial charge in [-0.25, -0.2) is 4.39 Å². The fraction of sp³-hybridized carbons (Fsp3) is 0.739. The second-order valence-electron chi connectivity index (χ2n) is 8.64. The van der Waals surface area contributed by atoms with Gasteiger partial charge in [-0.05, 0) is 67.1 Å². The molecule has 2 saturated carbocycles. The van der Waals surface area contributed by atoms with Gasteiger partial charge < -0.3 is 0 Å². The second-order valence-corrected chi connectivity index (χ2v) is 9.07. The van der Waals surface area contributed by atoms with Gasteiger partial charge >= 0.3 is 0 Å². The molecule has 140 valence electrons. The minimum atomic E-state index is -0.111. The Bertz CT molecular complexity index is 525. The lowest BCUT2D eigenvalue weighted by Crippen LogP contribution is -2.18. The Hall–Kier alpha value is -0.560. The topological polar surface area (TPSA) is 0 Å².